The van der Waals surface area contributed by atoms with Crippen molar-refractivity contribution in [3.8, 4) is 0 Å². The maximum atomic E-state index is 13.7. The Hall–Kier alpha value is -2.27. The Balaban J connectivity index is 1.62. The maximum Gasteiger partial charge on any atom is 0.260 e. The van der Waals surface area contributed by atoms with E-state index < -0.39 is 23.1 Å². The predicted molar refractivity (Wildman–Crippen MR) is 83.1 cm³/mol. The molecule has 0 aliphatic carbocycles. The lowest BCUT2D eigenvalue weighted by molar-refractivity contribution is -0.917. The van der Waals surface area contributed by atoms with Crippen molar-refractivity contribution in [1.82, 2.24) is 4.90 Å². The summed E-state index contributed by atoms with van der Waals surface area (Å²) in [5.41, 5.74) is 0.807. The second-order valence-corrected chi connectivity index (χ2v) is 5.80. The highest BCUT2D eigenvalue weighted by Gasteiger charge is 2.28. The Bertz CT molecular complexity index is 662. The molecule has 1 N–H and O–H groups in total. The van der Waals surface area contributed by atoms with Gasteiger partial charge in [-0.2, -0.15) is 0 Å². The normalized spacial score (nSPS) is 15.7. The van der Waals surface area contributed by atoms with Gasteiger partial charge >= 0.3 is 0 Å². The Morgan fingerprint density at radius 1 is 0.957 bits per heavy atom. The van der Waals surface area contributed by atoms with Crippen LogP contribution in [0.15, 0.2) is 48.5 Å². The van der Waals surface area contributed by atoms with Crippen molar-refractivity contribution < 1.29 is 18.5 Å². The van der Waals surface area contributed by atoms with E-state index >= 15 is 0 Å². The summed E-state index contributed by atoms with van der Waals surface area (Å²) in [6.07, 6.45) is 0. The SMILES string of the molecule is O=C(c1c(F)cccc1F)N1CC[NH+](Cc2ccccc2)CC1. The van der Waals surface area contributed by atoms with E-state index in [9.17, 15) is 13.6 Å². The molecule has 0 unspecified atom stereocenters. The molecule has 1 aliphatic rings. The Labute approximate surface area is 134 Å². The van der Waals surface area contributed by atoms with Crippen LogP contribution in [0.1, 0.15) is 15.9 Å². The fourth-order valence-electron chi connectivity index (χ4n) is 2.95. The van der Waals surface area contributed by atoms with Crippen LogP contribution in [0.25, 0.3) is 0 Å². The summed E-state index contributed by atoms with van der Waals surface area (Å²) in [6, 6.07) is 13.7. The molecule has 0 radical (unpaired) electrons. The third-order valence-corrected chi connectivity index (χ3v) is 4.23. The van der Waals surface area contributed by atoms with Crippen LogP contribution in [0.2, 0.25) is 0 Å². The van der Waals surface area contributed by atoms with Crippen LogP contribution >= 0.6 is 0 Å². The molecule has 0 atom stereocenters. The molecular formula is C18H19F2N2O+. The molecule has 1 fully saturated rings. The monoisotopic (exact) mass is 317 g/mol. The number of hydrogen-bond donors (Lipinski definition) is 1. The van der Waals surface area contributed by atoms with Crippen molar-refractivity contribution in [2.75, 3.05) is 26.2 Å². The smallest absolute Gasteiger partial charge is 0.260 e. The second kappa shape index (κ2) is 6.87. The first-order valence-electron chi connectivity index (χ1n) is 7.76. The molecule has 3 nitrogen and oxygen atoms in total. The van der Waals surface area contributed by atoms with Crippen LogP contribution in [0.4, 0.5) is 8.78 Å². The fourth-order valence-corrected chi connectivity index (χ4v) is 2.95. The zero-order chi connectivity index (χ0) is 16.2. The van der Waals surface area contributed by atoms with Crippen molar-refractivity contribution in [2.24, 2.45) is 0 Å². The lowest BCUT2D eigenvalue weighted by atomic mass is 10.1. The minimum atomic E-state index is -0.797. The summed E-state index contributed by atoms with van der Waals surface area (Å²) in [7, 11) is 0. The molecule has 1 saturated heterocycles. The number of carbonyl (C=O) groups is 1. The zero-order valence-electron chi connectivity index (χ0n) is 12.8. The third-order valence-electron chi connectivity index (χ3n) is 4.23. The lowest BCUT2D eigenvalue weighted by Crippen LogP contribution is -3.13. The van der Waals surface area contributed by atoms with Crippen molar-refractivity contribution >= 4 is 5.91 Å². The summed E-state index contributed by atoms with van der Waals surface area (Å²) in [5, 5.41) is 0. The predicted octanol–water partition coefficient (Wildman–Crippen LogP) is 1.51. The molecule has 2 aromatic carbocycles. The molecule has 120 valence electrons. The molecular weight excluding hydrogens is 298 g/mol. The van der Waals surface area contributed by atoms with Gasteiger partial charge in [0.05, 0.1) is 26.2 Å². The van der Waals surface area contributed by atoms with Gasteiger partial charge in [-0.25, -0.2) is 8.78 Å². The molecule has 23 heavy (non-hydrogen) atoms. The van der Waals surface area contributed by atoms with Crippen molar-refractivity contribution in [3.63, 3.8) is 0 Å². The largest absolute Gasteiger partial charge is 0.328 e. The van der Waals surface area contributed by atoms with Gasteiger partial charge in [0, 0.05) is 5.56 Å². The van der Waals surface area contributed by atoms with E-state index in [4.69, 9.17) is 0 Å². The first-order valence-corrected chi connectivity index (χ1v) is 7.76. The van der Waals surface area contributed by atoms with Gasteiger partial charge < -0.3 is 9.80 Å². The Morgan fingerprint density at radius 3 is 2.17 bits per heavy atom. The highest BCUT2D eigenvalue weighted by molar-refractivity contribution is 5.94. The number of piperazine rings is 1. The molecule has 1 amide bonds. The second-order valence-electron chi connectivity index (χ2n) is 5.80. The number of carbonyl (C=O) groups excluding carboxylic acids is 1. The van der Waals surface area contributed by atoms with E-state index in [2.05, 4.69) is 12.1 Å². The van der Waals surface area contributed by atoms with Crippen LogP contribution in [-0.4, -0.2) is 37.0 Å². The number of quaternary nitrogens is 1. The van der Waals surface area contributed by atoms with Gasteiger partial charge in [0.2, 0.25) is 0 Å². The minimum Gasteiger partial charge on any atom is -0.328 e. The van der Waals surface area contributed by atoms with E-state index in [-0.39, 0.29) is 0 Å². The summed E-state index contributed by atoms with van der Waals surface area (Å²) in [4.78, 5) is 15.3. The number of nitrogens with zero attached hydrogens (tertiary/aromatic N) is 1. The minimum absolute atomic E-state index is 0.445. The highest BCUT2D eigenvalue weighted by Crippen LogP contribution is 2.14. The van der Waals surface area contributed by atoms with Gasteiger partial charge in [-0.15, -0.1) is 0 Å². The molecule has 5 heteroatoms. The first kappa shape index (κ1) is 15.6. The van der Waals surface area contributed by atoms with Crippen molar-refractivity contribution in [1.29, 1.82) is 0 Å². The summed E-state index contributed by atoms with van der Waals surface area (Å²) >= 11 is 0. The first-order chi connectivity index (χ1) is 11.1. The van der Waals surface area contributed by atoms with Gasteiger partial charge in [0.1, 0.15) is 23.7 Å². The third kappa shape index (κ3) is 3.56. The van der Waals surface area contributed by atoms with E-state index in [1.54, 1.807) is 0 Å². The molecule has 0 saturated carbocycles. The van der Waals surface area contributed by atoms with Crippen LogP contribution < -0.4 is 4.90 Å². The number of nitrogens with one attached hydrogen (secondary N) is 1. The van der Waals surface area contributed by atoms with Crippen LogP contribution in [-0.2, 0) is 6.54 Å². The van der Waals surface area contributed by atoms with E-state index in [0.29, 0.717) is 13.1 Å². The molecule has 2 aromatic rings. The van der Waals surface area contributed by atoms with Gasteiger partial charge in [-0.05, 0) is 12.1 Å². The number of benzene rings is 2. The molecule has 0 bridgehead atoms. The Morgan fingerprint density at radius 2 is 1.57 bits per heavy atom. The van der Waals surface area contributed by atoms with Crippen LogP contribution in [0.5, 0.6) is 0 Å². The quantitative estimate of drug-likeness (QED) is 0.912. The van der Waals surface area contributed by atoms with Gasteiger partial charge in [-0.3, -0.25) is 4.79 Å². The van der Waals surface area contributed by atoms with Gasteiger partial charge in [0.15, 0.2) is 0 Å². The maximum absolute atomic E-state index is 13.7. The average Bonchev–Trinajstić information content (AvgIpc) is 2.56. The van der Waals surface area contributed by atoms with Crippen LogP contribution in [0.3, 0.4) is 0 Å². The van der Waals surface area contributed by atoms with E-state index in [1.165, 1.54) is 21.4 Å². The fraction of sp³-hybridized carbons (Fsp3) is 0.278. The van der Waals surface area contributed by atoms with Crippen LogP contribution in [0, 0.1) is 11.6 Å². The average molecular weight is 317 g/mol. The number of rotatable bonds is 3. The molecule has 0 aromatic heterocycles. The topological polar surface area (TPSA) is 24.8 Å². The van der Waals surface area contributed by atoms with E-state index in [0.717, 1.165) is 31.8 Å². The molecule has 3 rings (SSSR count). The zero-order valence-corrected chi connectivity index (χ0v) is 12.8. The summed E-state index contributed by atoms with van der Waals surface area (Å²) in [6.45, 7) is 3.47. The summed E-state index contributed by atoms with van der Waals surface area (Å²) in [5.74, 6) is -2.15. The number of amides is 1. The van der Waals surface area contributed by atoms with Crippen molar-refractivity contribution in [3.05, 3.63) is 71.3 Å². The van der Waals surface area contributed by atoms with Gasteiger partial charge in [0.25, 0.3) is 5.91 Å². The van der Waals surface area contributed by atoms with E-state index in [1.807, 2.05) is 18.2 Å². The summed E-state index contributed by atoms with van der Waals surface area (Å²) < 4.78 is 27.5. The standard InChI is InChI=1S/C18H18F2N2O/c19-15-7-4-8-16(20)17(15)18(23)22-11-9-21(10-12-22)13-14-5-2-1-3-6-14/h1-8H,9-13H2/p+1. The lowest BCUT2D eigenvalue weighted by Gasteiger charge is -2.32. The Kier molecular flexibility index (Phi) is 4.67. The van der Waals surface area contributed by atoms with Crippen molar-refractivity contribution in [2.45, 2.75) is 6.54 Å². The molecule has 1 heterocycles. The number of halogens is 2. The van der Waals surface area contributed by atoms with Gasteiger partial charge in [-0.1, -0.05) is 36.4 Å². The molecule has 0 spiro atoms. The highest BCUT2D eigenvalue weighted by atomic mass is 19.1. The number of hydrogen-bond acceptors (Lipinski definition) is 1. The molecule has 1 aliphatic heterocycles.